The maximum atomic E-state index is 14.8. The third kappa shape index (κ3) is 4.98. The molecule has 0 N–H and O–H groups in total. The van der Waals surface area contributed by atoms with Gasteiger partial charge in [-0.1, -0.05) is 12.1 Å². The summed E-state index contributed by atoms with van der Waals surface area (Å²) in [6.07, 6.45) is 4.65. The maximum absolute atomic E-state index is 14.8. The van der Waals surface area contributed by atoms with Gasteiger partial charge in [-0.25, -0.2) is 18.9 Å². The zero-order valence-corrected chi connectivity index (χ0v) is 19.0. The lowest BCUT2D eigenvalue weighted by molar-refractivity contribution is 0.0185. The zero-order chi connectivity index (χ0) is 22.9. The minimum Gasteiger partial charge on any atom is -0.444 e. The summed E-state index contributed by atoms with van der Waals surface area (Å²) in [5, 5.41) is 8.72. The van der Waals surface area contributed by atoms with Gasteiger partial charge in [-0.15, -0.1) is 0 Å². The van der Waals surface area contributed by atoms with Crippen LogP contribution in [-0.2, 0) is 11.3 Å². The van der Waals surface area contributed by atoms with E-state index in [1.165, 1.54) is 6.07 Å². The first-order chi connectivity index (χ1) is 15.2. The first kappa shape index (κ1) is 22.0. The summed E-state index contributed by atoms with van der Waals surface area (Å²) in [4.78, 5) is 18.7. The molecule has 0 atom stereocenters. The van der Waals surface area contributed by atoms with Gasteiger partial charge in [0.05, 0.1) is 12.6 Å². The zero-order valence-electron chi connectivity index (χ0n) is 19.0. The highest BCUT2D eigenvalue weighted by molar-refractivity contribution is 5.68. The van der Waals surface area contributed by atoms with Crippen LogP contribution < -0.4 is 0 Å². The highest BCUT2D eigenvalue weighted by Gasteiger charge is 2.29. The minimum absolute atomic E-state index is 0.0803. The SMILES string of the molecule is Cc1nc(-c2ccc(Cn3cccn3)c(F)c2)n(C2CCN(C(=O)OC(C)(C)C)CC2)n1. The second kappa shape index (κ2) is 8.72. The molecule has 0 saturated carbocycles. The normalized spacial score (nSPS) is 15.2. The first-order valence-electron chi connectivity index (χ1n) is 10.9. The van der Waals surface area contributed by atoms with Crippen LogP contribution in [0.5, 0.6) is 0 Å². The van der Waals surface area contributed by atoms with Gasteiger partial charge in [0.1, 0.15) is 17.2 Å². The molecule has 0 spiro atoms. The lowest BCUT2D eigenvalue weighted by atomic mass is 10.0. The Bertz CT molecular complexity index is 1080. The van der Waals surface area contributed by atoms with Gasteiger partial charge in [0.2, 0.25) is 0 Å². The van der Waals surface area contributed by atoms with Crippen molar-refractivity contribution in [2.45, 2.75) is 58.7 Å². The van der Waals surface area contributed by atoms with Gasteiger partial charge in [0, 0.05) is 36.6 Å². The molecular weight excluding hydrogens is 411 g/mol. The number of hydrogen-bond acceptors (Lipinski definition) is 5. The molecule has 1 amide bonds. The topological polar surface area (TPSA) is 78.1 Å². The molecule has 3 heterocycles. The van der Waals surface area contributed by atoms with E-state index in [-0.39, 0.29) is 18.0 Å². The number of aryl methyl sites for hydroxylation is 1. The number of piperidine rings is 1. The molecule has 3 aromatic rings. The molecule has 8 nitrogen and oxygen atoms in total. The van der Waals surface area contributed by atoms with E-state index in [0.717, 1.165) is 12.8 Å². The monoisotopic (exact) mass is 440 g/mol. The van der Waals surface area contributed by atoms with Gasteiger partial charge in [0.15, 0.2) is 5.82 Å². The Balaban J connectivity index is 1.49. The third-order valence-corrected chi connectivity index (χ3v) is 5.40. The van der Waals surface area contributed by atoms with Crippen LogP contribution in [0, 0.1) is 12.7 Å². The number of rotatable bonds is 4. The van der Waals surface area contributed by atoms with Gasteiger partial charge in [-0.2, -0.15) is 10.2 Å². The molecule has 0 unspecified atom stereocenters. The molecule has 1 fully saturated rings. The fourth-order valence-electron chi connectivity index (χ4n) is 3.88. The average molecular weight is 441 g/mol. The van der Waals surface area contributed by atoms with E-state index in [1.54, 1.807) is 28.0 Å². The quantitative estimate of drug-likeness (QED) is 0.607. The van der Waals surface area contributed by atoms with Crippen molar-refractivity contribution in [3.63, 3.8) is 0 Å². The number of halogens is 1. The number of carbonyl (C=O) groups excluding carboxylic acids is 1. The summed E-state index contributed by atoms with van der Waals surface area (Å²) < 4.78 is 23.9. The molecule has 0 radical (unpaired) electrons. The van der Waals surface area contributed by atoms with Crippen molar-refractivity contribution in [2.24, 2.45) is 0 Å². The maximum Gasteiger partial charge on any atom is 0.410 e. The fraction of sp³-hybridized carbons (Fsp3) is 0.478. The van der Waals surface area contributed by atoms with Crippen LogP contribution in [0.1, 0.15) is 51.0 Å². The van der Waals surface area contributed by atoms with Crippen LogP contribution >= 0.6 is 0 Å². The largest absolute Gasteiger partial charge is 0.444 e. The Morgan fingerprint density at radius 3 is 2.62 bits per heavy atom. The second-order valence-electron chi connectivity index (χ2n) is 9.14. The van der Waals surface area contributed by atoms with Crippen molar-refractivity contribution in [3.05, 3.63) is 53.9 Å². The molecule has 0 bridgehead atoms. The highest BCUT2D eigenvalue weighted by atomic mass is 19.1. The van der Waals surface area contributed by atoms with Crippen LogP contribution in [0.4, 0.5) is 9.18 Å². The molecular formula is C23H29FN6O2. The molecule has 9 heteroatoms. The van der Waals surface area contributed by atoms with Crippen molar-refractivity contribution in [1.82, 2.24) is 29.4 Å². The predicted molar refractivity (Wildman–Crippen MR) is 118 cm³/mol. The molecule has 170 valence electrons. The summed E-state index contributed by atoms with van der Waals surface area (Å²) in [5.74, 6) is 0.975. The molecule has 2 aromatic heterocycles. The van der Waals surface area contributed by atoms with E-state index in [1.807, 2.05) is 44.5 Å². The molecule has 32 heavy (non-hydrogen) atoms. The number of carbonyl (C=O) groups is 1. The minimum atomic E-state index is -0.516. The summed E-state index contributed by atoms with van der Waals surface area (Å²) in [6, 6.07) is 7.04. The number of hydrogen-bond donors (Lipinski definition) is 0. The number of aromatic nitrogens is 5. The fourth-order valence-corrected chi connectivity index (χ4v) is 3.88. The van der Waals surface area contributed by atoms with Crippen molar-refractivity contribution in [2.75, 3.05) is 13.1 Å². The number of likely N-dealkylation sites (tertiary alicyclic amines) is 1. The van der Waals surface area contributed by atoms with Crippen LogP contribution in [-0.4, -0.2) is 54.2 Å². The average Bonchev–Trinajstić information content (AvgIpc) is 3.38. The molecule has 1 aliphatic rings. The smallest absolute Gasteiger partial charge is 0.410 e. The standard InChI is InChI=1S/C23H29FN6O2/c1-16-26-21(17-6-7-18(20(24)14-17)15-29-11-5-10-25-29)30(27-16)19-8-12-28(13-9-19)22(31)32-23(2,3)4/h5-7,10-11,14,19H,8-9,12-13,15H2,1-4H3. The summed E-state index contributed by atoms with van der Waals surface area (Å²) in [5.41, 5.74) is 0.727. The molecule has 1 aromatic carbocycles. The summed E-state index contributed by atoms with van der Waals surface area (Å²) >= 11 is 0. The Morgan fingerprint density at radius 2 is 2.00 bits per heavy atom. The predicted octanol–water partition coefficient (Wildman–Crippen LogP) is 4.21. The van der Waals surface area contributed by atoms with E-state index in [0.29, 0.717) is 42.4 Å². The van der Waals surface area contributed by atoms with Crippen LogP contribution in [0.15, 0.2) is 36.7 Å². The van der Waals surface area contributed by atoms with Crippen LogP contribution in [0.3, 0.4) is 0 Å². The van der Waals surface area contributed by atoms with E-state index < -0.39 is 5.60 Å². The molecule has 0 aliphatic carbocycles. The van der Waals surface area contributed by atoms with Crippen molar-refractivity contribution in [3.8, 4) is 11.4 Å². The lowest BCUT2D eigenvalue weighted by Gasteiger charge is -2.33. The third-order valence-electron chi connectivity index (χ3n) is 5.40. The number of ether oxygens (including phenoxy) is 1. The van der Waals surface area contributed by atoms with Crippen molar-refractivity contribution >= 4 is 6.09 Å². The number of nitrogens with zero attached hydrogens (tertiary/aromatic N) is 6. The van der Waals surface area contributed by atoms with E-state index >= 15 is 0 Å². The van der Waals surface area contributed by atoms with Gasteiger partial charge < -0.3 is 9.64 Å². The Kier molecular flexibility index (Phi) is 5.99. The molecule has 1 saturated heterocycles. The van der Waals surface area contributed by atoms with Gasteiger partial charge in [0.25, 0.3) is 0 Å². The van der Waals surface area contributed by atoms with Gasteiger partial charge in [-0.05, 0) is 52.7 Å². The molecule has 4 rings (SSSR count). The van der Waals surface area contributed by atoms with Crippen LogP contribution in [0.2, 0.25) is 0 Å². The highest BCUT2D eigenvalue weighted by Crippen LogP contribution is 2.29. The van der Waals surface area contributed by atoms with Crippen molar-refractivity contribution < 1.29 is 13.9 Å². The molecule has 1 aliphatic heterocycles. The number of benzene rings is 1. The van der Waals surface area contributed by atoms with Crippen molar-refractivity contribution in [1.29, 1.82) is 0 Å². The summed E-state index contributed by atoms with van der Waals surface area (Å²) in [6.45, 7) is 8.95. The second-order valence-corrected chi connectivity index (χ2v) is 9.14. The van der Waals surface area contributed by atoms with Gasteiger partial charge >= 0.3 is 6.09 Å². The summed E-state index contributed by atoms with van der Waals surface area (Å²) in [7, 11) is 0. The van der Waals surface area contributed by atoms with Gasteiger partial charge in [-0.3, -0.25) is 4.68 Å². The number of amides is 1. The Morgan fingerprint density at radius 1 is 1.25 bits per heavy atom. The van der Waals surface area contributed by atoms with E-state index in [4.69, 9.17) is 4.74 Å². The Labute approximate surface area is 187 Å². The Hall–Kier alpha value is -3.23. The van der Waals surface area contributed by atoms with E-state index in [2.05, 4.69) is 15.2 Å². The lowest BCUT2D eigenvalue weighted by Crippen LogP contribution is -2.42. The van der Waals surface area contributed by atoms with E-state index in [9.17, 15) is 9.18 Å². The first-order valence-corrected chi connectivity index (χ1v) is 10.9. The van der Waals surface area contributed by atoms with Crippen LogP contribution in [0.25, 0.3) is 11.4 Å².